The molecule has 0 saturated carbocycles. The van der Waals surface area contributed by atoms with Crippen LogP contribution in [0.2, 0.25) is 0 Å². The van der Waals surface area contributed by atoms with E-state index in [0.29, 0.717) is 5.88 Å². The summed E-state index contributed by atoms with van der Waals surface area (Å²) >= 11 is 0. The maximum Gasteiger partial charge on any atom is 0.251 e. The molecule has 10 heavy (non-hydrogen) atoms. The smallest absolute Gasteiger partial charge is 0.251 e. The van der Waals surface area contributed by atoms with Crippen molar-refractivity contribution in [2.24, 2.45) is 4.99 Å². The van der Waals surface area contributed by atoms with Gasteiger partial charge in [0.2, 0.25) is 5.82 Å². The average molecular weight is 141 g/mol. The van der Waals surface area contributed by atoms with Crippen molar-refractivity contribution in [1.29, 1.82) is 0 Å². The number of aliphatic imine (C=N–C) groups is 1. The summed E-state index contributed by atoms with van der Waals surface area (Å²) in [6.45, 7) is 2.03. The lowest BCUT2D eigenvalue weighted by Gasteiger charge is -2.06. The van der Waals surface area contributed by atoms with E-state index in [1.807, 2.05) is 13.1 Å². The molecule has 0 aliphatic heterocycles. The summed E-state index contributed by atoms with van der Waals surface area (Å²) in [7, 11) is 1.60. The van der Waals surface area contributed by atoms with Gasteiger partial charge in [0.1, 0.15) is 0 Å². The standard InChI is InChI=1S/C6H11N3O/c1-3-4-7-5-6(10-2)9-8-5/h4,8-9H,3H2,1-2H3/b7-4-. The number of hydrogen-bond acceptors (Lipinski definition) is 2. The predicted octanol–water partition coefficient (Wildman–Crippen LogP) is 1.46. The molecule has 0 saturated heterocycles. The molecule has 4 nitrogen and oxygen atoms in total. The Kier molecular flexibility index (Phi) is 2.15. The second-order valence-corrected chi connectivity index (χ2v) is 1.85. The minimum absolute atomic E-state index is 0.699. The van der Waals surface area contributed by atoms with Crippen LogP contribution in [0.25, 0.3) is 0 Å². The second-order valence-electron chi connectivity index (χ2n) is 1.85. The molecule has 1 heterocycles. The Hall–Kier alpha value is -1.19. The van der Waals surface area contributed by atoms with Gasteiger partial charge in [0.15, 0.2) is 0 Å². The van der Waals surface area contributed by atoms with Crippen molar-refractivity contribution in [1.82, 2.24) is 10.2 Å². The van der Waals surface area contributed by atoms with Gasteiger partial charge < -0.3 is 4.74 Å². The SMILES string of the molecule is CC/C=N\c1[nH][nH]c1OC. The summed E-state index contributed by atoms with van der Waals surface area (Å²) in [6, 6.07) is 0. The molecule has 0 aromatic carbocycles. The Balaban J connectivity index is 2.53. The zero-order chi connectivity index (χ0) is 7.40. The topological polar surface area (TPSA) is 53.2 Å². The number of ether oxygens (including phenoxy) is 1. The third-order valence-electron chi connectivity index (χ3n) is 1.12. The highest BCUT2D eigenvalue weighted by atomic mass is 16.5. The van der Waals surface area contributed by atoms with Crippen molar-refractivity contribution < 1.29 is 4.74 Å². The number of hydrogen-bond donors (Lipinski definition) is 2. The molecule has 0 radical (unpaired) electrons. The Morgan fingerprint density at radius 2 is 2.40 bits per heavy atom. The first kappa shape index (κ1) is 6.92. The maximum atomic E-state index is 4.89. The Bertz CT molecular complexity index is 211. The monoisotopic (exact) mass is 141 g/mol. The van der Waals surface area contributed by atoms with Crippen LogP contribution in [0.1, 0.15) is 13.3 Å². The van der Waals surface area contributed by atoms with Crippen LogP contribution in [-0.2, 0) is 0 Å². The van der Waals surface area contributed by atoms with E-state index in [9.17, 15) is 0 Å². The molecule has 0 fully saturated rings. The molecule has 0 spiro atoms. The summed E-state index contributed by atoms with van der Waals surface area (Å²) in [6.07, 6.45) is 2.75. The first-order valence-electron chi connectivity index (χ1n) is 3.21. The van der Waals surface area contributed by atoms with Crippen molar-refractivity contribution in [3.8, 4) is 5.88 Å². The summed E-state index contributed by atoms with van der Waals surface area (Å²) in [5, 5.41) is 5.54. The molecule has 0 bridgehead atoms. The van der Waals surface area contributed by atoms with E-state index in [1.54, 1.807) is 7.11 Å². The van der Waals surface area contributed by atoms with Crippen LogP contribution in [0.3, 0.4) is 0 Å². The maximum absolute atomic E-state index is 4.89. The number of rotatable bonds is 3. The summed E-state index contributed by atoms with van der Waals surface area (Å²) in [5.74, 6) is 1.47. The molecule has 0 atom stereocenters. The minimum atomic E-state index is 0.699. The normalized spacial score (nSPS) is 11.0. The van der Waals surface area contributed by atoms with Gasteiger partial charge in [0.25, 0.3) is 5.88 Å². The Morgan fingerprint density at radius 1 is 1.60 bits per heavy atom. The van der Waals surface area contributed by atoms with Crippen molar-refractivity contribution in [3.05, 3.63) is 0 Å². The minimum Gasteiger partial charge on any atom is -0.479 e. The lowest BCUT2D eigenvalue weighted by atomic mass is 10.5. The fourth-order valence-corrected chi connectivity index (χ4v) is 0.591. The van der Waals surface area contributed by atoms with Crippen LogP contribution < -0.4 is 4.74 Å². The molecule has 0 amide bonds. The lowest BCUT2D eigenvalue weighted by Crippen LogP contribution is -1.96. The first-order valence-corrected chi connectivity index (χ1v) is 3.21. The number of methoxy groups -OCH3 is 1. The highest BCUT2D eigenvalue weighted by Gasteiger charge is 2.02. The van der Waals surface area contributed by atoms with E-state index >= 15 is 0 Å². The van der Waals surface area contributed by atoms with Crippen LogP contribution in [0.15, 0.2) is 4.99 Å². The van der Waals surface area contributed by atoms with E-state index in [4.69, 9.17) is 4.74 Å². The number of aromatic nitrogens is 2. The fourth-order valence-electron chi connectivity index (χ4n) is 0.591. The molecule has 1 aromatic heterocycles. The van der Waals surface area contributed by atoms with Gasteiger partial charge in [-0.15, -0.1) is 0 Å². The highest BCUT2D eigenvalue weighted by Crippen LogP contribution is 2.22. The van der Waals surface area contributed by atoms with Gasteiger partial charge in [-0.1, -0.05) is 6.92 Å². The Morgan fingerprint density at radius 3 is 2.80 bits per heavy atom. The van der Waals surface area contributed by atoms with Gasteiger partial charge in [-0.25, -0.2) is 4.99 Å². The van der Waals surface area contributed by atoms with Crippen LogP contribution in [0, 0.1) is 0 Å². The first-order chi connectivity index (χ1) is 4.88. The largest absolute Gasteiger partial charge is 0.479 e. The van der Waals surface area contributed by atoms with Gasteiger partial charge in [0.05, 0.1) is 7.11 Å². The van der Waals surface area contributed by atoms with Crippen LogP contribution in [0.5, 0.6) is 5.88 Å². The molecule has 4 heteroatoms. The predicted molar refractivity (Wildman–Crippen MR) is 40.1 cm³/mol. The molecule has 0 aliphatic carbocycles. The van der Waals surface area contributed by atoms with Crippen molar-refractivity contribution >= 4 is 12.0 Å². The van der Waals surface area contributed by atoms with Gasteiger partial charge >= 0.3 is 0 Å². The highest BCUT2D eigenvalue weighted by molar-refractivity contribution is 5.63. The third kappa shape index (κ3) is 1.21. The van der Waals surface area contributed by atoms with Crippen LogP contribution in [-0.4, -0.2) is 23.5 Å². The fraction of sp³-hybridized carbons (Fsp3) is 0.500. The van der Waals surface area contributed by atoms with Gasteiger partial charge in [0, 0.05) is 6.21 Å². The van der Waals surface area contributed by atoms with Gasteiger partial charge in [-0.05, 0) is 6.42 Å². The van der Waals surface area contributed by atoms with Crippen LogP contribution >= 0.6 is 0 Å². The van der Waals surface area contributed by atoms with Gasteiger partial charge in [-0.3, -0.25) is 10.2 Å². The molecule has 2 N–H and O–H groups in total. The zero-order valence-electron chi connectivity index (χ0n) is 6.14. The van der Waals surface area contributed by atoms with Crippen molar-refractivity contribution in [2.45, 2.75) is 13.3 Å². The lowest BCUT2D eigenvalue weighted by molar-refractivity contribution is 0.381. The van der Waals surface area contributed by atoms with Crippen molar-refractivity contribution in [2.75, 3.05) is 7.11 Å². The number of nitrogens with zero attached hydrogens (tertiary/aromatic N) is 1. The zero-order valence-corrected chi connectivity index (χ0v) is 6.14. The van der Waals surface area contributed by atoms with E-state index in [-0.39, 0.29) is 0 Å². The van der Waals surface area contributed by atoms with E-state index in [1.165, 1.54) is 0 Å². The van der Waals surface area contributed by atoms with E-state index in [0.717, 1.165) is 12.2 Å². The van der Waals surface area contributed by atoms with E-state index in [2.05, 4.69) is 15.2 Å². The molecular formula is C6H11N3O. The summed E-state index contributed by atoms with van der Waals surface area (Å²) in [4.78, 5) is 4.06. The van der Waals surface area contributed by atoms with E-state index < -0.39 is 0 Å². The molecule has 56 valence electrons. The number of nitrogens with one attached hydrogen (secondary N) is 2. The molecule has 0 unspecified atom stereocenters. The Labute approximate surface area is 59.3 Å². The second kappa shape index (κ2) is 3.10. The average Bonchev–Trinajstić information content (AvgIpc) is 1.88. The number of aromatic amines is 2. The molecular weight excluding hydrogens is 130 g/mol. The van der Waals surface area contributed by atoms with Crippen LogP contribution in [0.4, 0.5) is 5.82 Å². The summed E-state index contributed by atoms with van der Waals surface area (Å²) < 4.78 is 4.89. The number of H-pyrrole nitrogens is 2. The molecule has 1 aromatic rings. The molecule has 0 aliphatic rings. The third-order valence-corrected chi connectivity index (χ3v) is 1.12. The van der Waals surface area contributed by atoms with Gasteiger partial charge in [-0.2, -0.15) is 0 Å². The van der Waals surface area contributed by atoms with Crippen molar-refractivity contribution in [3.63, 3.8) is 0 Å². The molecule has 1 rings (SSSR count). The summed E-state index contributed by atoms with van der Waals surface area (Å²) in [5.41, 5.74) is 0. The quantitative estimate of drug-likeness (QED) is 0.615.